The summed E-state index contributed by atoms with van der Waals surface area (Å²) >= 11 is 103. The van der Waals surface area contributed by atoms with Gasteiger partial charge in [0.2, 0.25) is 0 Å². The summed E-state index contributed by atoms with van der Waals surface area (Å²) in [4.78, 5) is -6.32. The average molecular weight is 913 g/mol. The molecule has 0 aromatic heterocycles. The smallest absolute Gasteiger partial charge is 0.0999 e. The fourth-order valence-corrected chi connectivity index (χ4v) is 16.1. The normalized spacial score (nSPS) is 49.9. The van der Waals surface area contributed by atoms with Crippen LogP contribution in [0.1, 0.15) is 36.0 Å². The Morgan fingerprint density at radius 1 is 0.444 bits per heavy atom. The molecule has 6 aliphatic carbocycles. The molecule has 0 saturated heterocycles. The van der Waals surface area contributed by atoms with Crippen LogP contribution in [0.3, 0.4) is 0 Å². The van der Waals surface area contributed by atoms with Crippen LogP contribution < -0.4 is 0 Å². The van der Waals surface area contributed by atoms with Gasteiger partial charge < -0.3 is 0 Å². The van der Waals surface area contributed by atoms with E-state index in [0.29, 0.717) is 63.7 Å². The molecule has 12 atom stereocenters. The molecule has 0 nitrogen and oxygen atoms in total. The molecule has 7 rings (SSSR count). The summed E-state index contributed by atoms with van der Waals surface area (Å²) in [7, 11) is 0. The predicted molar refractivity (Wildman–Crippen MR) is 198 cm³/mol. The van der Waals surface area contributed by atoms with Gasteiger partial charge in [0.1, 0.15) is 0 Å². The highest BCUT2D eigenvalue weighted by Crippen LogP contribution is 2.70. The van der Waals surface area contributed by atoms with E-state index < -0.39 is 45.4 Å². The van der Waals surface area contributed by atoms with Gasteiger partial charge >= 0.3 is 0 Å². The highest BCUT2D eigenvalue weighted by Gasteiger charge is 2.71. The van der Waals surface area contributed by atoms with Gasteiger partial charge in [0.15, 0.2) is 0 Å². The zero-order valence-corrected chi connectivity index (χ0v) is 33.9. The van der Waals surface area contributed by atoms with Crippen molar-refractivity contribution < 1.29 is 0 Å². The van der Waals surface area contributed by atoms with Gasteiger partial charge in [-0.05, 0) is 55.2 Å². The van der Waals surface area contributed by atoms with Gasteiger partial charge in [-0.15, -0.1) is 104 Å². The van der Waals surface area contributed by atoms with E-state index in [1.807, 2.05) is 18.2 Å². The second-order valence-corrected chi connectivity index (χ2v) is 21.0. The minimum atomic E-state index is -1.08. The summed E-state index contributed by atoms with van der Waals surface area (Å²) in [6.45, 7) is 0. The molecule has 0 aliphatic heterocycles. The van der Waals surface area contributed by atoms with E-state index in [-0.39, 0.29) is 22.8 Å². The summed E-state index contributed by atoms with van der Waals surface area (Å²) in [5.74, 6) is -1.07. The van der Waals surface area contributed by atoms with Crippen LogP contribution in [0.25, 0.3) is 0 Å². The monoisotopic (exact) mass is 906 g/mol. The molecule has 1 aromatic rings. The Labute approximate surface area is 337 Å². The van der Waals surface area contributed by atoms with Crippen molar-refractivity contribution in [2.75, 3.05) is 0 Å². The lowest BCUT2D eigenvalue weighted by atomic mass is 9.77. The molecule has 3 saturated carbocycles. The minimum absolute atomic E-state index is 0.286. The lowest BCUT2D eigenvalue weighted by Gasteiger charge is -2.38. The van der Waals surface area contributed by atoms with Crippen LogP contribution in [0.15, 0.2) is 48.4 Å². The summed E-state index contributed by atoms with van der Waals surface area (Å²) in [5, 5.41) is 0.0646. The molecule has 0 radical (unpaired) electrons. The van der Waals surface area contributed by atoms with Crippen molar-refractivity contribution in [3.8, 4) is 0 Å². The molecular weight excluding hydrogens is 892 g/mol. The zero-order valence-electron chi connectivity index (χ0n) is 22.6. The average Bonchev–Trinajstić information content (AvgIpc) is 3.59. The Kier molecular flexibility index (Phi) is 9.16. The largest absolute Gasteiger partial charge is 0.120 e. The Morgan fingerprint density at radius 3 is 1.00 bits per heavy atom. The number of halogens is 15. The van der Waals surface area contributed by atoms with Gasteiger partial charge in [-0.2, -0.15) is 0 Å². The van der Waals surface area contributed by atoms with Crippen molar-refractivity contribution in [2.24, 2.45) is 17.8 Å². The van der Waals surface area contributed by atoms with Crippen molar-refractivity contribution in [3.05, 3.63) is 65.1 Å². The third-order valence-electron chi connectivity index (χ3n) is 11.1. The Hall–Kier alpha value is 2.79. The van der Waals surface area contributed by atoms with Crippen molar-refractivity contribution >= 4 is 174 Å². The highest BCUT2D eigenvalue weighted by atomic mass is 35.5. The summed E-state index contributed by atoms with van der Waals surface area (Å²) < 4.78 is 0. The summed E-state index contributed by atoms with van der Waals surface area (Å²) in [6, 6.07) is 6.01. The van der Waals surface area contributed by atoms with Crippen LogP contribution >= 0.6 is 174 Å². The number of hydrogen-bond donors (Lipinski definition) is 0. The van der Waals surface area contributed by atoms with Crippen LogP contribution in [0.5, 0.6) is 0 Å². The molecule has 0 heterocycles. The van der Waals surface area contributed by atoms with Gasteiger partial charge in [0.25, 0.3) is 0 Å². The molecule has 0 spiro atoms. The first-order chi connectivity index (χ1) is 20.7. The maximum atomic E-state index is 7.25. The lowest BCUT2D eigenvalue weighted by Crippen LogP contribution is -2.41. The van der Waals surface area contributed by atoms with Gasteiger partial charge in [-0.25, -0.2) is 0 Å². The van der Waals surface area contributed by atoms with Crippen molar-refractivity contribution in [1.29, 1.82) is 0 Å². The van der Waals surface area contributed by atoms with E-state index in [9.17, 15) is 0 Å². The molecule has 6 bridgehead atoms. The molecule has 246 valence electrons. The minimum Gasteiger partial charge on any atom is -0.120 e. The van der Waals surface area contributed by atoms with Crippen molar-refractivity contribution in [2.45, 2.75) is 83.9 Å². The summed E-state index contributed by atoms with van der Waals surface area (Å²) in [6.07, 6.45) is 2.21. The number of rotatable bonds is 6. The molecule has 0 N–H and O–H groups in total. The SMILES string of the molecule is ClC1=C(Cl)C2(Cl)CC1(Cl)C(Cl)C2Cc1cccc(CC2C(Cl)C3(Cl)CC2(Cl)C(Cl)=C3Cl)c1CC1C(Cl)C2(Cl)CC1(Cl)C(Cl)=C2Cl. The van der Waals surface area contributed by atoms with Crippen LogP contribution in [-0.4, -0.2) is 45.4 Å². The number of hydrogen-bond acceptors (Lipinski definition) is 0. The topological polar surface area (TPSA) is 0 Å². The van der Waals surface area contributed by atoms with Gasteiger partial charge in [0, 0.05) is 17.8 Å². The molecule has 3 fully saturated rings. The number of allylic oxidation sites excluding steroid dienone is 6. The highest BCUT2D eigenvalue weighted by molar-refractivity contribution is 6.55. The fourth-order valence-electron chi connectivity index (χ4n) is 8.70. The van der Waals surface area contributed by atoms with Crippen LogP contribution in [0, 0.1) is 17.8 Å². The first kappa shape index (κ1) is 36.2. The molecule has 12 unspecified atom stereocenters. The standard InChI is InChI=1S/C30H21Cl15/c31-16-13(25(40)7-28(16,43)22(37)19(25)34)4-10-2-1-3-11(5-14-17(32)29(44)8-26(14,41)20(35)23(29)38)12(10)6-15-18(33)30(45)9-27(15,42)21(36)24(30)39/h1-3,13-18H,4-9H2. The first-order valence-corrected chi connectivity index (χ1v) is 19.9. The number of benzene rings is 1. The van der Waals surface area contributed by atoms with E-state index in [2.05, 4.69) is 0 Å². The summed E-state index contributed by atoms with van der Waals surface area (Å²) in [5.41, 5.74) is 2.87. The molecule has 1 aromatic carbocycles. The molecule has 15 heteroatoms. The van der Waals surface area contributed by atoms with E-state index >= 15 is 0 Å². The third-order valence-corrected chi connectivity index (χ3v) is 21.0. The van der Waals surface area contributed by atoms with E-state index in [4.69, 9.17) is 174 Å². The molecular formula is C30H21Cl15. The Balaban J connectivity index is 1.32. The lowest BCUT2D eigenvalue weighted by molar-refractivity contribution is 0.444. The third kappa shape index (κ3) is 4.60. The number of fused-ring (bicyclic) bond motifs is 6. The van der Waals surface area contributed by atoms with Gasteiger partial charge in [-0.1, -0.05) is 87.8 Å². The second kappa shape index (κ2) is 11.4. The molecule has 6 aliphatic rings. The van der Waals surface area contributed by atoms with E-state index in [0.717, 1.165) is 16.7 Å². The maximum absolute atomic E-state index is 7.25. The van der Waals surface area contributed by atoms with Gasteiger partial charge in [-0.3, -0.25) is 0 Å². The van der Waals surface area contributed by atoms with Crippen molar-refractivity contribution in [1.82, 2.24) is 0 Å². The zero-order chi connectivity index (χ0) is 33.0. The van der Waals surface area contributed by atoms with Crippen LogP contribution in [-0.2, 0) is 19.3 Å². The quantitative estimate of drug-likeness (QED) is 0.250. The van der Waals surface area contributed by atoms with E-state index in [1.165, 1.54) is 0 Å². The van der Waals surface area contributed by atoms with Crippen molar-refractivity contribution in [3.63, 3.8) is 0 Å². The first-order valence-electron chi connectivity index (χ1n) is 14.1. The van der Waals surface area contributed by atoms with Gasteiger partial charge in [0.05, 0.1) is 75.6 Å². The Bertz CT molecular complexity index is 1540. The number of alkyl halides is 9. The van der Waals surface area contributed by atoms with E-state index in [1.54, 1.807) is 0 Å². The van der Waals surface area contributed by atoms with Crippen LogP contribution in [0.2, 0.25) is 0 Å². The second-order valence-electron chi connectivity index (χ2n) is 13.3. The predicted octanol–water partition coefficient (Wildman–Crippen LogP) is 13.2. The van der Waals surface area contributed by atoms with Crippen LogP contribution in [0.4, 0.5) is 0 Å². The Morgan fingerprint density at radius 2 is 0.711 bits per heavy atom. The molecule has 0 amide bonds. The maximum Gasteiger partial charge on any atom is 0.0999 e. The molecule has 45 heavy (non-hydrogen) atoms. The fraction of sp³-hybridized carbons (Fsp3) is 0.600.